The van der Waals surface area contributed by atoms with Crippen molar-refractivity contribution < 1.29 is 4.74 Å². The molecule has 3 rings (SSSR count). The number of anilines is 1. The van der Waals surface area contributed by atoms with Crippen molar-refractivity contribution in [2.24, 2.45) is 7.05 Å². The van der Waals surface area contributed by atoms with Gasteiger partial charge in [0.2, 0.25) is 5.95 Å². The third-order valence-electron chi connectivity index (χ3n) is 3.60. The third kappa shape index (κ3) is 2.10. The average Bonchev–Trinajstić information content (AvgIpc) is 2.81. The van der Waals surface area contributed by atoms with Crippen molar-refractivity contribution in [3.8, 4) is 0 Å². The highest BCUT2D eigenvalue weighted by Gasteiger charge is 2.22. The molecule has 0 amide bonds. The first-order chi connectivity index (χ1) is 9.19. The molecule has 0 aromatic carbocycles. The number of aromatic nitrogens is 4. The van der Waals surface area contributed by atoms with Gasteiger partial charge in [-0.05, 0) is 12.8 Å². The molecule has 102 valence electrons. The second-order valence-corrected chi connectivity index (χ2v) is 4.84. The maximum absolute atomic E-state index is 12.0. The summed E-state index contributed by atoms with van der Waals surface area (Å²) in [7, 11) is 3.50. The van der Waals surface area contributed by atoms with Gasteiger partial charge in [0.05, 0.1) is 12.3 Å². The van der Waals surface area contributed by atoms with E-state index < -0.39 is 0 Å². The lowest BCUT2D eigenvalue weighted by atomic mass is 10.1. The highest BCUT2D eigenvalue weighted by Crippen LogP contribution is 2.18. The van der Waals surface area contributed by atoms with Crippen LogP contribution in [0.5, 0.6) is 0 Å². The third-order valence-corrected chi connectivity index (χ3v) is 3.60. The largest absolute Gasteiger partial charge is 0.380 e. The maximum Gasteiger partial charge on any atom is 0.263 e. The fraction of sp³-hybridized carbons (Fsp3) is 0.583. The molecule has 2 aromatic rings. The van der Waals surface area contributed by atoms with Crippen LogP contribution in [0.25, 0.3) is 11.0 Å². The number of nitrogens with one attached hydrogen (secondary N) is 1. The predicted octanol–water partition coefficient (Wildman–Crippen LogP) is 0.272. The molecular formula is C12H17N5O2. The van der Waals surface area contributed by atoms with Crippen LogP contribution in [0, 0.1) is 0 Å². The summed E-state index contributed by atoms with van der Waals surface area (Å²) < 4.78 is 7.01. The Morgan fingerprint density at radius 3 is 3.16 bits per heavy atom. The topological polar surface area (TPSA) is 76.0 Å². The molecule has 1 saturated heterocycles. The molecule has 1 atom stereocenters. The van der Waals surface area contributed by atoms with E-state index >= 15 is 0 Å². The highest BCUT2D eigenvalue weighted by molar-refractivity contribution is 5.74. The Hall–Kier alpha value is -1.89. The van der Waals surface area contributed by atoms with Crippen molar-refractivity contribution in [1.82, 2.24) is 19.7 Å². The zero-order valence-electron chi connectivity index (χ0n) is 11.1. The van der Waals surface area contributed by atoms with Gasteiger partial charge >= 0.3 is 0 Å². The van der Waals surface area contributed by atoms with Gasteiger partial charge in [0.25, 0.3) is 5.56 Å². The SMILES string of the molecule is CO[C@H]1CCCN(c2nc3c(cnn3C)c(=O)[nH]2)C1. The van der Waals surface area contributed by atoms with Gasteiger partial charge in [-0.2, -0.15) is 10.1 Å². The number of ether oxygens (including phenoxy) is 1. The number of aryl methyl sites for hydroxylation is 1. The molecule has 3 heterocycles. The molecule has 7 heteroatoms. The zero-order valence-corrected chi connectivity index (χ0v) is 11.1. The summed E-state index contributed by atoms with van der Waals surface area (Å²) in [5, 5.41) is 4.58. The fourth-order valence-corrected chi connectivity index (χ4v) is 2.49. The molecule has 1 fully saturated rings. The number of fused-ring (bicyclic) bond motifs is 1. The van der Waals surface area contributed by atoms with Gasteiger partial charge < -0.3 is 9.64 Å². The molecule has 0 bridgehead atoms. The van der Waals surface area contributed by atoms with Crippen LogP contribution in [0.15, 0.2) is 11.0 Å². The Balaban J connectivity index is 2.00. The second-order valence-electron chi connectivity index (χ2n) is 4.84. The summed E-state index contributed by atoms with van der Waals surface area (Å²) in [4.78, 5) is 21.4. The van der Waals surface area contributed by atoms with Crippen molar-refractivity contribution in [2.75, 3.05) is 25.1 Å². The lowest BCUT2D eigenvalue weighted by Crippen LogP contribution is -2.40. The van der Waals surface area contributed by atoms with Crippen molar-refractivity contribution in [2.45, 2.75) is 18.9 Å². The van der Waals surface area contributed by atoms with Crippen molar-refractivity contribution in [3.05, 3.63) is 16.6 Å². The zero-order chi connectivity index (χ0) is 13.4. The minimum atomic E-state index is -0.146. The minimum absolute atomic E-state index is 0.146. The highest BCUT2D eigenvalue weighted by atomic mass is 16.5. The quantitative estimate of drug-likeness (QED) is 0.841. The molecule has 0 spiro atoms. The Morgan fingerprint density at radius 2 is 2.37 bits per heavy atom. The summed E-state index contributed by atoms with van der Waals surface area (Å²) in [6, 6.07) is 0. The van der Waals surface area contributed by atoms with Crippen molar-refractivity contribution >= 4 is 17.0 Å². The Bertz CT molecular complexity index is 647. The van der Waals surface area contributed by atoms with E-state index in [1.165, 1.54) is 0 Å². The number of rotatable bonds is 2. The molecule has 1 aliphatic rings. The average molecular weight is 263 g/mol. The van der Waals surface area contributed by atoms with Crippen LogP contribution >= 0.6 is 0 Å². The van der Waals surface area contributed by atoms with Gasteiger partial charge in [-0.3, -0.25) is 14.5 Å². The van der Waals surface area contributed by atoms with Crippen LogP contribution < -0.4 is 10.5 Å². The molecule has 0 unspecified atom stereocenters. The predicted molar refractivity (Wildman–Crippen MR) is 71.4 cm³/mol. The van der Waals surface area contributed by atoms with Crippen molar-refractivity contribution in [3.63, 3.8) is 0 Å². The van der Waals surface area contributed by atoms with E-state index in [0.29, 0.717) is 17.0 Å². The van der Waals surface area contributed by atoms with Gasteiger partial charge in [-0.15, -0.1) is 0 Å². The standard InChI is InChI=1S/C12H17N5O2/c1-16-10-9(6-13-16)11(18)15-12(14-10)17-5-3-4-8(7-17)19-2/h6,8H,3-5,7H2,1-2H3,(H,14,15,18)/t8-/m0/s1. The molecule has 19 heavy (non-hydrogen) atoms. The van der Waals surface area contributed by atoms with Crippen LogP contribution in [0.1, 0.15) is 12.8 Å². The monoisotopic (exact) mass is 263 g/mol. The molecule has 2 aromatic heterocycles. The summed E-state index contributed by atoms with van der Waals surface area (Å²) in [6.45, 7) is 1.63. The molecule has 0 aliphatic carbocycles. The van der Waals surface area contributed by atoms with Crippen LogP contribution in [-0.2, 0) is 11.8 Å². The molecule has 0 radical (unpaired) electrons. The van der Waals surface area contributed by atoms with E-state index in [0.717, 1.165) is 25.9 Å². The summed E-state index contributed by atoms with van der Waals surface area (Å²) >= 11 is 0. The van der Waals surface area contributed by atoms with E-state index in [-0.39, 0.29) is 11.7 Å². The van der Waals surface area contributed by atoms with Gasteiger partial charge in [-0.1, -0.05) is 0 Å². The Kier molecular flexibility index (Phi) is 2.98. The number of nitrogens with zero attached hydrogens (tertiary/aromatic N) is 4. The molecule has 1 aliphatic heterocycles. The maximum atomic E-state index is 12.0. The summed E-state index contributed by atoms with van der Waals surface area (Å²) in [5.74, 6) is 0.600. The number of methoxy groups -OCH3 is 1. The first-order valence-corrected chi connectivity index (χ1v) is 6.39. The van der Waals surface area contributed by atoms with Crippen LogP contribution in [-0.4, -0.2) is 46.1 Å². The van der Waals surface area contributed by atoms with Crippen molar-refractivity contribution in [1.29, 1.82) is 0 Å². The molecular weight excluding hydrogens is 246 g/mol. The summed E-state index contributed by atoms with van der Waals surface area (Å²) in [6.07, 6.45) is 3.82. The van der Waals surface area contributed by atoms with Gasteiger partial charge in [0.1, 0.15) is 5.39 Å². The van der Waals surface area contributed by atoms with Gasteiger partial charge in [-0.25, -0.2) is 0 Å². The van der Waals surface area contributed by atoms with E-state index in [1.54, 1.807) is 25.0 Å². The Labute approximate surface area is 110 Å². The number of aromatic amines is 1. The first-order valence-electron chi connectivity index (χ1n) is 6.39. The van der Waals surface area contributed by atoms with Gasteiger partial charge in [0.15, 0.2) is 5.65 Å². The lowest BCUT2D eigenvalue weighted by molar-refractivity contribution is 0.0889. The summed E-state index contributed by atoms with van der Waals surface area (Å²) in [5.41, 5.74) is 0.464. The van der Waals surface area contributed by atoms with Gasteiger partial charge in [0, 0.05) is 27.2 Å². The van der Waals surface area contributed by atoms with Crippen LogP contribution in [0.4, 0.5) is 5.95 Å². The minimum Gasteiger partial charge on any atom is -0.380 e. The smallest absolute Gasteiger partial charge is 0.263 e. The van der Waals surface area contributed by atoms with E-state index in [2.05, 4.69) is 20.0 Å². The van der Waals surface area contributed by atoms with E-state index in [9.17, 15) is 4.79 Å². The number of hydrogen-bond donors (Lipinski definition) is 1. The van der Waals surface area contributed by atoms with Crippen LogP contribution in [0.3, 0.4) is 0 Å². The number of H-pyrrole nitrogens is 1. The van der Waals surface area contributed by atoms with Crippen LogP contribution in [0.2, 0.25) is 0 Å². The van der Waals surface area contributed by atoms with E-state index in [1.807, 2.05) is 0 Å². The molecule has 0 saturated carbocycles. The second kappa shape index (κ2) is 4.65. The lowest BCUT2D eigenvalue weighted by Gasteiger charge is -2.32. The van der Waals surface area contributed by atoms with E-state index in [4.69, 9.17) is 4.74 Å². The normalized spacial score (nSPS) is 20.1. The number of hydrogen-bond acceptors (Lipinski definition) is 5. The number of piperidine rings is 1. The fourth-order valence-electron chi connectivity index (χ4n) is 2.49. The first kappa shape index (κ1) is 12.2. The molecule has 7 nitrogen and oxygen atoms in total. The Morgan fingerprint density at radius 1 is 1.53 bits per heavy atom. The molecule has 1 N–H and O–H groups in total.